The number of benzene rings is 2. The number of carbonyl (C=O) groups is 1. The summed E-state index contributed by atoms with van der Waals surface area (Å²) in [6.07, 6.45) is 0. The van der Waals surface area contributed by atoms with Crippen LogP contribution < -0.4 is 10.0 Å². The Morgan fingerprint density at radius 2 is 1.78 bits per heavy atom. The largest absolute Gasteiger partial charge is 0.322 e. The minimum Gasteiger partial charge on any atom is -0.322 e. The Balaban J connectivity index is 2.06. The molecule has 0 fully saturated rings. The fourth-order valence-corrected chi connectivity index (χ4v) is 2.93. The quantitative estimate of drug-likeness (QED) is 0.868. The third-order valence-electron chi connectivity index (χ3n) is 2.87. The van der Waals surface area contributed by atoms with Crippen LogP contribution in [0.3, 0.4) is 0 Å². The second kappa shape index (κ2) is 7.00. The number of para-hydroxylation sites is 1. The summed E-state index contributed by atoms with van der Waals surface area (Å²) >= 11 is 0. The summed E-state index contributed by atoms with van der Waals surface area (Å²) in [7, 11) is -4.03. The normalized spacial score (nSPS) is 10.8. The van der Waals surface area contributed by atoms with Crippen LogP contribution in [0.15, 0.2) is 53.4 Å². The number of hydrogen-bond donors (Lipinski definition) is 2. The lowest BCUT2D eigenvalue weighted by molar-refractivity contribution is -0.115. The van der Waals surface area contributed by atoms with Gasteiger partial charge in [-0.1, -0.05) is 24.3 Å². The highest BCUT2D eigenvalue weighted by Gasteiger charge is 2.19. The van der Waals surface area contributed by atoms with Crippen molar-refractivity contribution in [3.05, 3.63) is 59.9 Å². The molecule has 0 heterocycles. The van der Waals surface area contributed by atoms with E-state index in [2.05, 4.69) is 10.0 Å². The van der Waals surface area contributed by atoms with Crippen LogP contribution in [0.25, 0.3) is 0 Å². The second-order valence-corrected chi connectivity index (χ2v) is 6.20. The predicted octanol–water partition coefficient (Wildman–Crippen LogP) is 1.61. The number of amides is 1. The molecular weight excluding hydrogens is 321 g/mol. The van der Waals surface area contributed by atoms with Crippen LogP contribution in [0.1, 0.15) is 5.56 Å². The molecular formula is C15H12FN3O3S. The summed E-state index contributed by atoms with van der Waals surface area (Å²) in [5.74, 6) is -1.35. The molecule has 8 heteroatoms. The van der Waals surface area contributed by atoms with Crippen molar-refractivity contribution in [1.29, 1.82) is 5.26 Å². The zero-order valence-corrected chi connectivity index (χ0v) is 12.6. The lowest BCUT2D eigenvalue weighted by atomic mass is 10.2. The van der Waals surface area contributed by atoms with E-state index in [4.69, 9.17) is 5.26 Å². The Kier molecular flexibility index (Phi) is 5.05. The summed E-state index contributed by atoms with van der Waals surface area (Å²) in [6, 6.07) is 12.9. The molecule has 2 rings (SSSR count). The van der Waals surface area contributed by atoms with Crippen LogP contribution in [-0.2, 0) is 14.8 Å². The minimum absolute atomic E-state index is 0.0329. The van der Waals surface area contributed by atoms with E-state index in [1.807, 2.05) is 0 Å². The van der Waals surface area contributed by atoms with Gasteiger partial charge >= 0.3 is 0 Å². The van der Waals surface area contributed by atoms with Crippen molar-refractivity contribution < 1.29 is 17.6 Å². The lowest BCUT2D eigenvalue weighted by Crippen LogP contribution is -2.33. The molecule has 0 bridgehead atoms. The van der Waals surface area contributed by atoms with E-state index in [9.17, 15) is 17.6 Å². The summed E-state index contributed by atoms with van der Waals surface area (Å²) in [4.78, 5) is 11.5. The monoisotopic (exact) mass is 333 g/mol. The van der Waals surface area contributed by atoms with E-state index < -0.39 is 28.3 Å². The molecule has 0 aliphatic heterocycles. The number of sulfonamides is 1. The number of nitrogens with one attached hydrogen (secondary N) is 2. The topological polar surface area (TPSA) is 99.1 Å². The molecule has 0 saturated heterocycles. The molecule has 6 nitrogen and oxygen atoms in total. The third-order valence-corrected chi connectivity index (χ3v) is 4.33. The first-order valence-electron chi connectivity index (χ1n) is 6.47. The maximum atomic E-state index is 13.4. The van der Waals surface area contributed by atoms with Crippen molar-refractivity contribution in [2.75, 3.05) is 11.9 Å². The zero-order chi connectivity index (χ0) is 16.9. The molecule has 0 unspecified atom stereocenters. The average Bonchev–Trinajstić information content (AvgIpc) is 2.55. The number of carbonyl (C=O) groups excluding carboxylic acids is 1. The van der Waals surface area contributed by atoms with Crippen LogP contribution in [0.5, 0.6) is 0 Å². The highest BCUT2D eigenvalue weighted by Crippen LogP contribution is 2.14. The number of halogens is 1. The standard InChI is InChI=1S/C15H12FN3O3S/c16-12-6-2-3-7-13(12)19-15(20)10-18-23(21,22)14-8-4-1-5-11(14)9-17/h1-8,18H,10H2,(H,19,20). The molecule has 2 aromatic carbocycles. The highest BCUT2D eigenvalue weighted by molar-refractivity contribution is 7.89. The van der Waals surface area contributed by atoms with Crippen LogP contribution in [-0.4, -0.2) is 20.9 Å². The molecule has 0 aromatic heterocycles. The van der Waals surface area contributed by atoms with Crippen LogP contribution in [0, 0.1) is 17.1 Å². The number of anilines is 1. The average molecular weight is 333 g/mol. The van der Waals surface area contributed by atoms with Gasteiger partial charge in [-0.15, -0.1) is 0 Å². The van der Waals surface area contributed by atoms with Gasteiger partial charge < -0.3 is 5.32 Å². The number of rotatable bonds is 5. The van der Waals surface area contributed by atoms with Crippen LogP contribution in [0.4, 0.5) is 10.1 Å². The summed E-state index contributed by atoms with van der Waals surface area (Å²) in [6.45, 7) is -0.587. The molecule has 23 heavy (non-hydrogen) atoms. The van der Waals surface area contributed by atoms with Crippen molar-refractivity contribution >= 4 is 21.6 Å². The van der Waals surface area contributed by atoms with Gasteiger partial charge in [0.1, 0.15) is 11.9 Å². The summed E-state index contributed by atoms with van der Waals surface area (Å²) < 4.78 is 39.7. The molecule has 0 atom stereocenters. The SMILES string of the molecule is N#Cc1ccccc1S(=O)(=O)NCC(=O)Nc1ccccc1F. The molecule has 118 valence electrons. The van der Waals surface area contributed by atoms with Crippen molar-refractivity contribution in [1.82, 2.24) is 4.72 Å². The van der Waals surface area contributed by atoms with Crippen molar-refractivity contribution in [3.63, 3.8) is 0 Å². The molecule has 0 radical (unpaired) electrons. The molecule has 0 saturated carbocycles. The minimum atomic E-state index is -4.03. The first-order chi connectivity index (χ1) is 10.9. The molecule has 0 spiro atoms. The van der Waals surface area contributed by atoms with Crippen molar-refractivity contribution in [3.8, 4) is 6.07 Å². The van der Waals surface area contributed by atoms with Crippen LogP contribution >= 0.6 is 0 Å². The van der Waals surface area contributed by atoms with Gasteiger partial charge in [0.25, 0.3) is 0 Å². The Hall–Kier alpha value is -2.76. The zero-order valence-electron chi connectivity index (χ0n) is 11.8. The Morgan fingerprint density at radius 1 is 1.13 bits per heavy atom. The lowest BCUT2D eigenvalue weighted by Gasteiger charge is -2.09. The van der Waals surface area contributed by atoms with E-state index in [1.165, 1.54) is 48.5 Å². The maximum absolute atomic E-state index is 13.4. The van der Waals surface area contributed by atoms with Crippen molar-refractivity contribution in [2.24, 2.45) is 0 Å². The van der Waals surface area contributed by atoms with E-state index in [-0.39, 0.29) is 16.1 Å². The van der Waals surface area contributed by atoms with Gasteiger partial charge in [-0.05, 0) is 24.3 Å². The maximum Gasteiger partial charge on any atom is 0.242 e. The third kappa shape index (κ3) is 4.12. The van der Waals surface area contributed by atoms with E-state index >= 15 is 0 Å². The van der Waals surface area contributed by atoms with Gasteiger partial charge in [-0.3, -0.25) is 4.79 Å². The van der Waals surface area contributed by atoms with Gasteiger partial charge in [0.05, 0.1) is 22.7 Å². The second-order valence-electron chi connectivity index (χ2n) is 4.46. The van der Waals surface area contributed by atoms with Gasteiger partial charge in [0, 0.05) is 0 Å². The van der Waals surface area contributed by atoms with Gasteiger partial charge in [-0.2, -0.15) is 5.26 Å². The van der Waals surface area contributed by atoms with Gasteiger partial charge in [0.2, 0.25) is 15.9 Å². The van der Waals surface area contributed by atoms with Crippen LogP contribution in [0.2, 0.25) is 0 Å². The molecule has 1 amide bonds. The van der Waals surface area contributed by atoms with Gasteiger partial charge in [-0.25, -0.2) is 17.5 Å². The van der Waals surface area contributed by atoms with E-state index in [1.54, 1.807) is 6.07 Å². The van der Waals surface area contributed by atoms with E-state index in [0.29, 0.717) is 0 Å². The van der Waals surface area contributed by atoms with E-state index in [0.717, 1.165) is 0 Å². The molecule has 2 aromatic rings. The fourth-order valence-electron chi connectivity index (χ4n) is 1.79. The molecule has 0 aliphatic rings. The Labute approximate surface area is 132 Å². The molecule has 0 aliphatic carbocycles. The summed E-state index contributed by atoms with van der Waals surface area (Å²) in [5.41, 5.74) is -0.0800. The Bertz CT molecular complexity index is 876. The first-order valence-corrected chi connectivity index (χ1v) is 7.95. The number of nitriles is 1. The highest BCUT2D eigenvalue weighted by atomic mass is 32.2. The smallest absolute Gasteiger partial charge is 0.242 e. The number of nitrogens with zero attached hydrogens (tertiary/aromatic N) is 1. The number of hydrogen-bond acceptors (Lipinski definition) is 4. The Morgan fingerprint density at radius 3 is 2.48 bits per heavy atom. The molecule has 2 N–H and O–H groups in total. The van der Waals surface area contributed by atoms with Crippen molar-refractivity contribution in [2.45, 2.75) is 4.90 Å². The fraction of sp³-hybridized carbons (Fsp3) is 0.0667. The predicted molar refractivity (Wildman–Crippen MR) is 81.4 cm³/mol. The van der Waals surface area contributed by atoms with Gasteiger partial charge in [0.15, 0.2) is 0 Å². The summed E-state index contributed by atoms with van der Waals surface area (Å²) in [5, 5.41) is 11.2. The first kappa shape index (κ1) is 16.6.